The smallest absolute Gasteiger partial charge is 0.306 e. The standard InChI is InChI=1S/C15H18N2O2/c18-15(19-12-14-6-2-1-3-7-14)8-4-5-10-17-11-9-16-13-17/h1-3,6-7,9,11,13H,4-5,8,10,12H2. The van der Waals surface area contributed by atoms with Crippen molar-refractivity contribution >= 4 is 5.97 Å². The van der Waals surface area contributed by atoms with E-state index < -0.39 is 0 Å². The summed E-state index contributed by atoms with van der Waals surface area (Å²) in [6.45, 7) is 1.26. The van der Waals surface area contributed by atoms with Gasteiger partial charge < -0.3 is 9.30 Å². The minimum atomic E-state index is -0.130. The third-order valence-electron chi connectivity index (χ3n) is 2.85. The van der Waals surface area contributed by atoms with Crippen molar-refractivity contribution in [1.29, 1.82) is 0 Å². The molecule has 0 aliphatic heterocycles. The molecule has 0 spiro atoms. The number of nitrogens with zero attached hydrogens (tertiary/aromatic N) is 2. The fourth-order valence-corrected chi connectivity index (χ4v) is 1.79. The van der Waals surface area contributed by atoms with Crippen LogP contribution in [0.1, 0.15) is 24.8 Å². The Morgan fingerprint density at radius 1 is 1.21 bits per heavy atom. The normalized spacial score (nSPS) is 10.3. The molecule has 0 atom stereocenters. The van der Waals surface area contributed by atoms with Gasteiger partial charge in [-0.05, 0) is 18.4 Å². The first-order valence-electron chi connectivity index (χ1n) is 6.50. The van der Waals surface area contributed by atoms with E-state index in [1.807, 2.05) is 41.1 Å². The van der Waals surface area contributed by atoms with Gasteiger partial charge in [-0.2, -0.15) is 0 Å². The van der Waals surface area contributed by atoms with Gasteiger partial charge in [0.05, 0.1) is 6.33 Å². The first-order valence-corrected chi connectivity index (χ1v) is 6.50. The molecule has 0 aliphatic rings. The van der Waals surface area contributed by atoms with Crippen LogP contribution in [0.2, 0.25) is 0 Å². The number of carbonyl (C=O) groups is 1. The Morgan fingerprint density at radius 2 is 2.05 bits per heavy atom. The van der Waals surface area contributed by atoms with Crippen LogP contribution in [-0.4, -0.2) is 15.5 Å². The lowest BCUT2D eigenvalue weighted by molar-refractivity contribution is -0.145. The number of aryl methyl sites for hydroxylation is 1. The van der Waals surface area contributed by atoms with Gasteiger partial charge in [-0.25, -0.2) is 4.98 Å². The van der Waals surface area contributed by atoms with Crippen LogP contribution >= 0.6 is 0 Å². The Kier molecular flexibility index (Phi) is 5.17. The second kappa shape index (κ2) is 7.36. The number of hydrogen-bond donors (Lipinski definition) is 0. The van der Waals surface area contributed by atoms with Crippen molar-refractivity contribution in [3.63, 3.8) is 0 Å². The molecule has 1 heterocycles. The quantitative estimate of drug-likeness (QED) is 0.566. The van der Waals surface area contributed by atoms with Gasteiger partial charge in [0.15, 0.2) is 0 Å². The lowest BCUT2D eigenvalue weighted by Gasteiger charge is -2.05. The van der Waals surface area contributed by atoms with Crippen molar-refractivity contribution in [2.75, 3.05) is 0 Å². The summed E-state index contributed by atoms with van der Waals surface area (Å²) in [5.74, 6) is -0.130. The highest BCUT2D eigenvalue weighted by molar-refractivity contribution is 5.69. The molecule has 0 fully saturated rings. The number of unbranched alkanes of at least 4 members (excludes halogenated alkanes) is 1. The summed E-state index contributed by atoms with van der Waals surface area (Å²) in [5.41, 5.74) is 1.02. The molecule has 2 rings (SSSR count). The Labute approximate surface area is 113 Å². The highest BCUT2D eigenvalue weighted by Crippen LogP contribution is 2.04. The van der Waals surface area contributed by atoms with Crippen LogP contribution in [0.15, 0.2) is 49.1 Å². The number of benzene rings is 1. The van der Waals surface area contributed by atoms with Gasteiger partial charge in [-0.1, -0.05) is 30.3 Å². The van der Waals surface area contributed by atoms with Gasteiger partial charge in [-0.3, -0.25) is 4.79 Å². The average Bonchev–Trinajstić information content (AvgIpc) is 2.96. The van der Waals surface area contributed by atoms with Crippen molar-refractivity contribution in [1.82, 2.24) is 9.55 Å². The molecule has 1 aromatic heterocycles. The van der Waals surface area contributed by atoms with Crippen molar-refractivity contribution < 1.29 is 9.53 Å². The van der Waals surface area contributed by atoms with Gasteiger partial charge in [0.25, 0.3) is 0 Å². The van der Waals surface area contributed by atoms with Crippen LogP contribution < -0.4 is 0 Å². The lowest BCUT2D eigenvalue weighted by Crippen LogP contribution is -2.05. The second-order valence-corrected chi connectivity index (χ2v) is 4.40. The molecule has 1 aromatic carbocycles. The molecule has 2 aromatic rings. The van der Waals surface area contributed by atoms with Crippen molar-refractivity contribution in [3.05, 3.63) is 54.6 Å². The Balaban J connectivity index is 1.57. The summed E-state index contributed by atoms with van der Waals surface area (Å²) < 4.78 is 7.22. The molecular formula is C15H18N2O2. The van der Waals surface area contributed by atoms with E-state index in [1.165, 1.54) is 0 Å². The van der Waals surface area contributed by atoms with Crippen LogP contribution in [0.3, 0.4) is 0 Å². The summed E-state index contributed by atoms with van der Waals surface area (Å²) in [6.07, 6.45) is 7.74. The van der Waals surface area contributed by atoms with E-state index in [-0.39, 0.29) is 5.97 Å². The molecule has 100 valence electrons. The molecule has 19 heavy (non-hydrogen) atoms. The number of ether oxygens (including phenoxy) is 1. The third kappa shape index (κ3) is 4.95. The summed E-state index contributed by atoms with van der Waals surface area (Å²) in [6, 6.07) is 9.72. The van der Waals surface area contributed by atoms with Gasteiger partial charge >= 0.3 is 5.97 Å². The predicted octanol–water partition coefficient (Wildman–Crippen LogP) is 2.80. The van der Waals surface area contributed by atoms with E-state index in [0.29, 0.717) is 13.0 Å². The molecule has 0 saturated heterocycles. The monoisotopic (exact) mass is 258 g/mol. The zero-order chi connectivity index (χ0) is 13.3. The van der Waals surface area contributed by atoms with Crippen LogP contribution in [0.5, 0.6) is 0 Å². The number of imidazole rings is 1. The van der Waals surface area contributed by atoms with Crippen LogP contribution in [0, 0.1) is 0 Å². The first kappa shape index (κ1) is 13.3. The van der Waals surface area contributed by atoms with Gasteiger partial charge in [-0.15, -0.1) is 0 Å². The van der Waals surface area contributed by atoms with E-state index in [2.05, 4.69) is 4.98 Å². The summed E-state index contributed by atoms with van der Waals surface area (Å²) >= 11 is 0. The third-order valence-corrected chi connectivity index (χ3v) is 2.85. The van der Waals surface area contributed by atoms with Crippen LogP contribution in [0.25, 0.3) is 0 Å². The summed E-state index contributed by atoms with van der Waals surface area (Å²) in [4.78, 5) is 15.5. The van der Waals surface area contributed by atoms with Crippen LogP contribution in [-0.2, 0) is 22.7 Å². The summed E-state index contributed by atoms with van der Waals surface area (Å²) in [5, 5.41) is 0. The fourth-order valence-electron chi connectivity index (χ4n) is 1.79. The van der Waals surface area contributed by atoms with E-state index in [4.69, 9.17) is 4.74 Å². The Bertz CT molecular complexity index is 480. The first-order chi connectivity index (χ1) is 9.34. The van der Waals surface area contributed by atoms with Crippen molar-refractivity contribution in [2.24, 2.45) is 0 Å². The molecule has 0 N–H and O–H groups in total. The zero-order valence-electron chi connectivity index (χ0n) is 10.9. The second-order valence-electron chi connectivity index (χ2n) is 4.40. The number of carbonyl (C=O) groups excluding carboxylic acids is 1. The zero-order valence-corrected chi connectivity index (χ0v) is 10.9. The fraction of sp³-hybridized carbons (Fsp3) is 0.333. The molecule has 4 heteroatoms. The molecule has 0 bridgehead atoms. The predicted molar refractivity (Wildman–Crippen MR) is 72.3 cm³/mol. The number of hydrogen-bond acceptors (Lipinski definition) is 3. The van der Waals surface area contributed by atoms with Crippen LogP contribution in [0.4, 0.5) is 0 Å². The largest absolute Gasteiger partial charge is 0.461 e. The van der Waals surface area contributed by atoms with Gasteiger partial charge in [0, 0.05) is 25.4 Å². The average molecular weight is 258 g/mol. The Morgan fingerprint density at radius 3 is 2.79 bits per heavy atom. The van der Waals surface area contributed by atoms with Crippen molar-refractivity contribution in [2.45, 2.75) is 32.4 Å². The lowest BCUT2D eigenvalue weighted by atomic mass is 10.2. The van der Waals surface area contributed by atoms with E-state index in [0.717, 1.165) is 24.9 Å². The molecule has 0 amide bonds. The van der Waals surface area contributed by atoms with E-state index in [1.54, 1.807) is 12.5 Å². The molecule has 4 nitrogen and oxygen atoms in total. The highest BCUT2D eigenvalue weighted by atomic mass is 16.5. The minimum absolute atomic E-state index is 0.130. The van der Waals surface area contributed by atoms with Gasteiger partial charge in [0.2, 0.25) is 0 Å². The molecule has 0 radical (unpaired) electrons. The maximum Gasteiger partial charge on any atom is 0.306 e. The SMILES string of the molecule is O=C(CCCCn1ccnc1)OCc1ccccc1. The number of rotatable bonds is 7. The maximum absolute atomic E-state index is 11.5. The topological polar surface area (TPSA) is 44.1 Å². The maximum atomic E-state index is 11.5. The van der Waals surface area contributed by atoms with E-state index >= 15 is 0 Å². The molecular weight excluding hydrogens is 240 g/mol. The highest BCUT2D eigenvalue weighted by Gasteiger charge is 2.03. The van der Waals surface area contributed by atoms with E-state index in [9.17, 15) is 4.79 Å². The summed E-state index contributed by atoms with van der Waals surface area (Å²) in [7, 11) is 0. The Hall–Kier alpha value is -2.10. The molecule has 0 saturated carbocycles. The van der Waals surface area contributed by atoms with Crippen molar-refractivity contribution in [3.8, 4) is 0 Å². The number of aromatic nitrogens is 2. The molecule has 0 unspecified atom stereocenters. The van der Waals surface area contributed by atoms with Gasteiger partial charge in [0.1, 0.15) is 6.61 Å². The molecule has 0 aliphatic carbocycles. The minimum Gasteiger partial charge on any atom is -0.461 e. The number of esters is 1.